The maximum Gasteiger partial charge on any atom is 0.219 e. The minimum atomic E-state index is -3.48. The lowest BCUT2D eigenvalue weighted by molar-refractivity contribution is 0.286. The van der Waals surface area contributed by atoms with Gasteiger partial charge < -0.3 is 14.6 Å². The SMILES string of the molecule is COc1cc2c(cc1OC)CN(S(=O)(=O)C(C)CO)CC2. The van der Waals surface area contributed by atoms with Crippen LogP contribution in [0.4, 0.5) is 0 Å². The average Bonchev–Trinajstić information content (AvgIpc) is 2.51. The van der Waals surface area contributed by atoms with Crippen LogP contribution in [0.1, 0.15) is 18.1 Å². The lowest BCUT2D eigenvalue weighted by atomic mass is 10.0. The number of fused-ring (bicyclic) bond motifs is 1. The van der Waals surface area contributed by atoms with Gasteiger partial charge in [-0.15, -0.1) is 0 Å². The van der Waals surface area contributed by atoms with E-state index in [1.807, 2.05) is 12.1 Å². The molecule has 1 aromatic rings. The summed E-state index contributed by atoms with van der Waals surface area (Å²) in [6, 6.07) is 3.72. The van der Waals surface area contributed by atoms with Crippen LogP contribution in [0.5, 0.6) is 11.5 Å². The fourth-order valence-corrected chi connectivity index (χ4v) is 3.79. The van der Waals surface area contributed by atoms with Crippen molar-refractivity contribution in [1.82, 2.24) is 4.31 Å². The Bertz CT molecular complexity index is 614. The van der Waals surface area contributed by atoms with Crippen molar-refractivity contribution in [2.45, 2.75) is 25.1 Å². The summed E-state index contributed by atoms with van der Waals surface area (Å²) in [6.45, 7) is 1.84. The molecule has 0 aliphatic carbocycles. The number of benzene rings is 1. The molecule has 0 spiro atoms. The van der Waals surface area contributed by atoms with Crippen molar-refractivity contribution in [2.24, 2.45) is 0 Å². The first-order chi connectivity index (χ1) is 9.93. The first-order valence-electron chi connectivity index (χ1n) is 6.77. The molecule has 1 atom stereocenters. The number of hydrogen-bond donors (Lipinski definition) is 1. The van der Waals surface area contributed by atoms with Crippen molar-refractivity contribution in [3.63, 3.8) is 0 Å². The van der Waals surface area contributed by atoms with E-state index in [9.17, 15) is 8.42 Å². The number of sulfonamides is 1. The van der Waals surface area contributed by atoms with Gasteiger partial charge in [0.05, 0.1) is 26.1 Å². The molecule has 2 rings (SSSR count). The Morgan fingerprint density at radius 1 is 1.24 bits per heavy atom. The highest BCUT2D eigenvalue weighted by molar-refractivity contribution is 7.89. The van der Waals surface area contributed by atoms with E-state index in [0.717, 1.165) is 11.1 Å². The molecule has 1 aliphatic heterocycles. The summed E-state index contributed by atoms with van der Waals surface area (Å²) in [5.41, 5.74) is 1.98. The van der Waals surface area contributed by atoms with E-state index in [2.05, 4.69) is 0 Å². The second-order valence-electron chi connectivity index (χ2n) is 5.10. The maximum atomic E-state index is 12.3. The molecule has 1 N–H and O–H groups in total. The summed E-state index contributed by atoms with van der Waals surface area (Å²) in [5, 5.41) is 8.31. The second kappa shape index (κ2) is 6.21. The van der Waals surface area contributed by atoms with Gasteiger partial charge in [-0.05, 0) is 36.6 Å². The summed E-state index contributed by atoms with van der Waals surface area (Å²) in [7, 11) is -0.352. The van der Waals surface area contributed by atoms with Gasteiger partial charge in [0.2, 0.25) is 10.0 Å². The first kappa shape index (κ1) is 16.1. The monoisotopic (exact) mass is 315 g/mol. The number of aliphatic hydroxyl groups is 1. The van der Waals surface area contributed by atoms with Crippen LogP contribution in [0, 0.1) is 0 Å². The lowest BCUT2D eigenvalue weighted by Gasteiger charge is -2.30. The van der Waals surface area contributed by atoms with Gasteiger partial charge in [-0.25, -0.2) is 8.42 Å². The Morgan fingerprint density at radius 3 is 2.33 bits per heavy atom. The van der Waals surface area contributed by atoms with E-state index in [-0.39, 0.29) is 6.61 Å². The lowest BCUT2D eigenvalue weighted by Crippen LogP contribution is -2.42. The maximum absolute atomic E-state index is 12.3. The highest BCUT2D eigenvalue weighted by atomic mass is 32.2. The molecule has 0 aromatic heterocycles. The van der Waals surface area contributed by atoms with E-state index in [0.29, 0.717) is 31.0 Å². The molecule has 0 amide bonds. The van der Waals surface area contributed by atoms with Crippen molar-refractivity contribution in [3.8, 4) is 11.5 Å². The molecule has 1 aromatic carbocycles. The molecule has 0 fully saturated rings. The summed E-state index contributed by atoms with van der Waals surface area (Å²) >= 11 is 0. The Kier molecular flexibility index (Phi) is 4.75. The Labute approximate surface area is 125 Å². The number of rotatable bonds is 5. The van der Waals surface area contributed by atoms with Crippen molar-refractivity contribution < 1.29 is 23.0 Å². The highest BCUT2D eigenvalue weighted by Crippen LogP contribution is 2.34. The number of aliphatic hydroxyl groups excluding tert-OH is 1. The standard InChI is InChI=1S/C14H21NO5S/c1-10(9-16)21(17,18)15-5-4-11-6-13(19-2)14(20-3)7-12(11)8-15/h6-7,10,16H,4-5,8-9H2,1-3H3. The van der Waals surface area contributed by atoms with E-state index >= 15 is 0 Å². The molecule has 118 valence electrons. The average molecular weight is 315 g/mol. The van der Waals surface area contributed by atoms with Gasteiger partial charge in [0.25, 0.3) is 0 Å². The van der Waals surface area contributed by atoms with Gasteiger partial charge in [-0.2, -0.15) is 4.31 Å². The van der Waals surface area contributed by atoms with Crippen molar-refractivity contribution in [1.29, 1.82) is 0 Å². The highest BCUT2D eigenvalue weighted by Gasteiger charge is 2.31. The zero-order valence-electron chi connectivity index (χ0n) is 12.5. The van der Waals surface area contributed by atoms with E-state index in [1.54, 1.807) is 14.2 Å². The quantitative estimate of drug-likeness (QED) is 0.869. The third kappa shape index (κ3) is 3.00. The van der Waals surface area contributed by atoms with Crippen LogP contribution in [-0.2, 0) is 23.0 Å². The Morgan fingerprint density at radius 2 is 1.81 bits per heavy atom. The molecule has 1 aliphatic rings. The van der Waals surface area contributed by atoms with Gasteiger partial charge in [0.1, 0.15) is 0 Å². The number of hydrogen-bond acceptors (Lipinski definition) is 5. The van der Waals surface area contributed by atoms with Gasteiger partial charge in [0.15, 0.2) is 11.5 Å². The number of nitrogens with zero attached hydrogens (tertiary/aromatic N) is 1. The molecule has 1 heterocycles. The summed E-state index contributed by atoms with van der Waals surface area (Å²) in [5.74, 6) is 1.24. The van der Waals surface area contributed by atoms with Crippen molar-refractivity contribution in [3.05, 3.63) is 23.3 Å². The van der Waals surface area contributed by atoms with Gasteiger partial charge in [-0.1, -0.05) is 0 Å². The topological polar surface area (TPSA) is 76.1 Å². The van der Waals surface area contributed by atoms with E-state index in [4.69, 9.17) is 14.6 Å². The molecular weight excluding hydrogens is 294 g/mol. The second-order valence-corrected chi connectivity index (χ2v) is 7.45. The summed E-state index contributed by atoms with van der Waals surface area (Å²) < 4.78 is 36.6. The van der Waals surface area contributed by atoms with Crippen LogP contribution in [-0.4, -0.2) is 50.5 Å². The van der Waals surface area contributed by atoms with Crippen LogP contribution in [0.25, 0.3) is 0 Å². The smallest absolute Gasteiger partial charge is 0.219 e. The Hall–Kier alpha value is -1.31. The fraction of sp³-hybridized carbons (Fsp3) is 0.571. The van der Waals surface area contributed by atoms with Gasteiger partial charge in [-0.3, -0.25) is 0 Å². The van der Waals surface area contributed by atoms with Crippen LogP contribution < -0.4 is 9.47 Å². The number of ether oxygens (including phenoxy) is 2. The van der Waals surface area contributed by atoms with Crippen LogP contribution in [0.2, 0.25) is 0 Å². The molecule has 6 nitrogen and oxygen atoms in total. The summed E-state index contributed by atoms with van der Waals surface area (Å²) in [4.78, 5) is 0. The van der Waals surface area contributed by atoms with E-state index in [1.165, 1.54) is 11.2 Å². The van der Waals surface area contributed by atoms with E-state index < -0.39 is 15.3 Å². The van der Waals surface area contributed by atoms with Gasteiger partial charge >= 0.3 is 0 Å². The molecule has 0 radical (unpaired) electrons. The minimum Gasteiger partial charge on any atom is -0.493 e. The normalized spacial score (nSPS) is 17.1. The first-order valence-corrected chi connectivity index (χ1v) is 8.28. The van der Waals surface area contributed by atoms with Gasteiger partial charge in [0, 0.05) is 13.1 Å². The molecule has 0 bridgehead atoms. The molecule has 0 saturated carbocycles. The zero-order valence-corrected chi connectivity index (χ0v) is 13.3. The van der Waals surface area contributed by atoms with Crippen molar-refractivity contribution in [2.75, 3.05) is 27.4 Å². The third-order valence-electron chi connectivity index (χ3n) is 3.81. The van der Waals surface area contributed by atoms with Crippen LogP contribution in [0.15, 0.2) is 12.1 Å². The van der Waals surface area contributed by atoms with Crippen LogP contribution in [0.3, 0.4) is 0 Å². The largest absolute Gasteiger partial charge is 0.493 e. The summed E-state index contributed by atoms with van der Waals surface area (Å²) in [6.07, 6.45) is 0.618. The molecule has 21 heavy (non-hydrogen) atoms. The third-order valence-corrected chi connectivity index (χ3v) is 6.01. The molecule has 0 saturated heterocycles. The fourth-order valence-electron chi connectivity index (χ4n) is 2.42. The van der Waals surface area contributed by atoms with Crippen LogP contribution >= 0.6 is 0 Å². The van der Waals surface area contributed by atoms with Crippen molar-refractivity contribution >= 4 is 10.0 Å². The molecular formula is C14H21NO5S. The minimum absolute atomic E-state index is 0.294. The predicted molar refractivity (Wildman–Crippen MR) is 79.1 cm³/mol. The molecule has 7 heteroatoms. The number of methoxy groups -OCH3 is 2. The predicted octanol–water partition coefficient (Wildman–Crippen LogP) is 0.772. The Balaban J connectivity index is 2.32. The zero-order chi connectivity index (χ0) is 15.6. The molecule has 1 unspecified atom stereocenters.